The van der Waals surface area contributed by atoms with Crippen molar-refractivity contribution in [3.63, 3.8) is 0 Å². The normalized spacial score (nSPS) is 13.1. The Hall–Kier alpha value is -3.01. The zero-order valence-corrected chi connectivity index (χ0v) is 21.3. The minimum Gasteiger partial charge on any atom is -0.352 e. The van der Waals surface area contributed by atoms with Gasteiger partial charge >= 0.3 is 0 Å². The molecule has 0 radical (unpaired) electrons. The first-order valence-electron chi connectivity index (χ1n) is 11.5. The van der Waals surface area contributed by atoms with Crippen molar-refractivity contribution in [1.82, 2.24) is 10.2 Å². The molecule has 0 spiro atoms. The van der Waals surface area contributed by atoms with Crippen LogP contribution in [0.25, 0.3) is 0 Å². The standard InChI is InChI=1S/C25H33F2N3O4S/c1-5-18(2)28-25(32)19(3)29(17-20-12-14-21(26)15-13-20)24(31)11-8-16-30(35(4,33)34)23-10-7-6-9-22(23)27/h6-7,9-10,12-15,18-19H,5,8,11,16-17H2,1-4H3,(H,28,32)/t18-,19-/m1/s1. The molecule has 192 valence electrons. The molecule has 2 aromatic carbocycles. The summed E-state index contributed by atoms with van der Waals surface area (Å²) in [4.78, 5) is 27.3. The van der Waals surface area contributed by atoms with Crippen molar-refractivity contribution in [3.05, 3.63) is 65.7 Å². The van der Waals surface area contributed by atoms with Crippen LogP contribution in [0.15, 0.2) is 48.5 Å². The third-order valence-electron chi connectivity index (χ3n) is 5.71. The molecule has 0 aliphatic carbocycles. The highest BCUT2D eigenvalue weighted by Crippen LogP contribution is 2.22. The van der Waals surface area contributed by atoms with Crippen molar-refractivity contribution in [3.8, 4) is 0 Å². The molecule has 2 rings (SSSR count). The minimum absolute atomic E-state index is 0.0668. The van der Waals surface area contributed by atoms with Crippen molar-refractivity contribution in [1.29, 1.82) is 0 Å². The van der Waals surface area contributed by atoms with Crippen LogP contribution in [-0.2, 0) is 26.2 Å². The molecule has 0 saturated heterocycles. The number of para-hydroxylation sites is 1. The maximum Gasteiger partial charge on any atom is 0.242 e. The maximum atomic E-state index is 14.2. The van der Waals surface area contributed by atoms with Gasteiger partial charge in [0.1, 0.15) is 17.7 Å². The molecule has 1 N–H and O–H groups in total. The van der Waals surface area contributed by atoms with Gasteiger partial charge in [0, 0.05) is 25.6 Å². The third kappa shape index (κ3) is 8.31. The van der Waals surface area contributed by atoms with Crippen LogP contribution in [0.3, 0.4) is 0 Å². The van der Waals surface area contributed by atoms with Crippen LogP contribution in [0.1, 0.15) is 45.6 Å². The first-order valence-corrected chi connectivity index (χ1v) is 13.3. The molecule has 7 nitrogen and oxygen atoms in total. The Morgan fingerprint density at radius 1 is 1.03 bits per heavy atom. The predicted molar refractivity (Wildman–Crippen MR) is 132 cm³/mol. The van der Waals surface area contributed by atoms with E-state index in [-0.39, 0.29) is 49.5 Å². The topological polar surface area (TPSA) is 86.8 Å². The number of sulfonamides is 1. The van der Waals surface area contributed by atoms with Gasteiger partial charge < -0.3 is 10.2 Å². The van der Waals surface area contributed by atoms with E-state index in [1.54, 1.807) is 19.1 Å². The van der Waals surface area contributed by atoms with Gasteiger partial charge in [-0.25, -0.2) is 17.2 Å². The zero-order valence-electron chi connectivity index (χ0n) is 20.5. The average Bonchev–Trinajstić information content (AvgIpc) is 2.80. The molecule has 0 heterocycles. The molecule has 2 amide bonds. The lowest BCUT2D eigenvalue weighted by atomic mass is 10.1. The summed E-state index contributed by atoms with van der Waals surface area (Å²) in [7, 11) is -3.79. The number of anilines is 1. The minimum atomic E-state index is -3.79. The molecule has 10 heteroatoms. The van der Waals surface area contributed by atoms with Gasteiger partial charge in [0.05, 0.1) is 11.9 Å². The number of hydrogen-bond acceptors (Lipinski definition) is 4. The number of benzene rings is 2. The van der Waals surface area contributed by atoms with Gasteiger partial charge in [-0.05, 0) is 56.5 Å². The van der Waals surface area contributed by atoms with E-state index in [2.05, 4.69) is 5.32 Å². The molecule has 0 aliphatic heterocycles. The van der Waals surface area contributed by atoms with Crippen molar-refractivity contribution in [2.45, 2.75) is 58.7 Å². The SMILES string of the molecule is CC[C@@H](C)NC(=O)[C@@H](C)N(Cc1ccc(F)cc1)C(=O)CCCN(c1ccccc1F)S(C)(=O)=O. The van der Waals surface area contributed by atoms with Gasteiger partial charge in [-0.15, -0.1) is 0 Å². The number of amides is 2. The van der Waals surface area contributed by atoms with E-state index >= 15 is 0 Å². The molecule has 0 aromatic heterocycles. The quantitative estimate of drug-likeness (QED) is 0.471. The number of halogens is 2. The second-order valence-electron chi connectivity index (χ2n) is 8.53. The van der Waals surface area contributed by atoms with E-state index < -0.39 is 27.7 Å². The Bertz CT molecular complexity index is 1110. The van der Waals surface area contributed by atoms with Crippen molar-refractivity contribution < 1.29 is 26.8 Å². The summed E-state index contributed by atoms with van der Waals surface area (Å²) in [6, 6.07) is 10.3. The summed E-state index contributed by atoms with van der Waals surface area (Å²) in [5.41, 5.74) is 0.555. The fourth-order valence-corrected chi connectivity index (χ4v) is 4.44. The number of hydrogen-bond donors (Lipinski definition) is 1. The molecular formula is C25H33F2N3O4S. The molecule has 35 heavy (non-hydrogen) atoms. The first kappa shape index (κ1) is 28.2. The van der Waals surface area contributed by atoms with Gasteiger partial charge in [-0.2, -0.15) is 0 Å². The van der Waals surface area contributed by atoms with Crippen LogP contribution in [0.2, 0.25) is 0 Å². The molecule has 2 aromatic rings. The van der Waals surface area contributed by atoms with E-state index in [1.165, 1.54) is 41.3 Å². The molecular weight excluding hydrogens is 476 g/mol. The predicted octanol–water partition coefficient (Wildman–Crippen LogP) is 3.84. The summed E-state index contributed by atoms with van der Waals surface area (Å²) in [6.07, 6.45) is 1.74. The number of rotatable bonds is 12. The largest absolute Gasteiger partial charge is 0.352 e. The summed E-state index contributed by atoms with van der Waals surface area (Å²) in [6.45, 7) is 5.38. The summed E-state index contributed by atoms with van der Waals surface area (Å²) >= 11 is 0. The van der Waals surface area contributed by atoms with Gasteiger partial charge in [0.2, 0.25) is 21.8 Å². The van der Waals surface area contributed by atoms with Gasteiger partial charge in [0.15, 0.2) is 0 Å². The number of nitrogens with zero attached hydrogens (tertiary/aromatic N) is 2. The van der Waals surface area contributed by atoms with Gasteiger partial charge in [-0.3, -0.25) is 13.9 Å². The maximum absolute atomic E-state index is 14.2. The lowest BCUT2D eigenvalue weighted by molar-refractivity contribution is -0.140. The second kappa shape index (κ2) is 12.6. The first-order chi connectivity index (χ1) is 16.4. The molecule has 2 atom stereocenters. The van der Waals surface area contributed by atoms with E-state index in [0.29, 0.717) is 5.56 Å². The Morgan fingerprint density at radius 2 is 1.66 bits per heavy atom. The zero-order chi connectivity index (χ0) is 26.2. The Kier molecular flexibility index (Phi) is 10.2. The van der Waals surface area contributed by atoms with E-state index in [4.69, 9.17) is 0 Å². The highest BCUT2D eigenvalue weighted by molar-refractivity contribution is 7.92. The number of carbonyl (C=O) groups excluding carboxylic acids is 2. The highest BCUT2D eigenvalue weighted by atomic mass is 32.2. The van der Waals surface area contributed by atoms with Crippen LogP contribution >= 0.6 is 0 Å². The monoisotopic (exact) mass is 509 g/mol. The average molecular weight is 510 g/mol. The van der Waals surface area contributed by atoms with Crippen molar-refractivity contribution in [2.75, 3.05) is 17.1 Å². The number of nitrogens with one attached hydrogen (secondary N) is 1. The van der Waals surface area contributed by atoms with Crippen molar-refractivity contribution in [2.24, 2.45) is 0 Å². The van der Waals surface area contributed by atoms with E-state index in [1.807, 2.05) is 13.8 Å². The smallest absolute Gasteiger partial charge is 0.242 e. The second-order valence-corrected chi connectivity index (χ2v) is 10.4. The lowest BCUT2D eigenvalue weighted by Gasteiger charge is -2.30. The third-order valence-corrected chi connectivity index (χ3v) is 6.89. The summed E-state index contributed by atoms with van der Waals surface area (Å²) < 4.78 is 53.0. The van der Waals surface area contributed by atoms with Crippen molar-refractivity contribution >= 4 is 27.5 Å². The Labute approximate surface area is 206 Å². The summed E-state index contributed by atoms with van der Waals surface area (Å²) in [5.74, 6) is -1.79. The summed E-state index contributed by atoms with van der Waals surface area (Å²) in [5, 5.41) is 2.86. The number of carbonyl (C=O) groups is 2. The van der Waals surface area contributed by atoms with Gasteiger partial charge in [0.25, 0.3) is 0 Å². The van der Waals surface area contributed by atoms with E-state index in [9.17, 15) is 26.8 Å². The molecule has 0 unspecified atom stereocenters. The van der Waals surface area contributed by atoms with Crippen LogP contribution in [0.4, 0.5) is 14.5 Å². The van der Waals surface area contributed by atoms with Crippen LogP contribution in [0, 0.1) is 11.6 Å². The molecule has 0 saturated carbocycles. The van der Waals surface area contributed by atoms with Crippen LogP contribution in [-0.4, -0.2) is 50.0 Å². The Balaban J connectivity index is 2.17. The van der Waals surface area contributed by atoms with Crippen LogP contribution < -0.4 is 9.62 Å². The highest BCUT2D eigenvalue weighted by Gasteiger charge is 2.27. The van der Waals surface area contributed by atoms with Crippen LogP contribution in [0.5, 0.6) is 0 Å². The molecule has 0 aliphatic rings. The molecule has 0 bridgehead atoms. The van der Waals surface area contributed by atoms with Gasteiger partial charge in [-0.1, -0.05) is 31.2 Å². The fraction of sp³-hybridized carbons (Fsp3) is 0.440. The van der Waals surface area contributed by atoms with E-state index in [0.717, 1.165) is 17.0 Å². The fourth-order valence-electron chi connectivity index (χ4n) is 3.47. The lowest BCUT2D eigenvalue weighted by Crippen LogP contribution is -2.49. The molecule has 0 fully saturated rings. The Morgan fingerprint density at radius 3 is 2.23 bits per heavy atom.